The van der Waals surface area contributed by atoms with Gasteiger partial charge in [0.05, 0.1) is 10.7 Å². The molecule has 0 radical (unpaired) electrons. The van der Waals surface area contributed by atoms with Crippen LogP contribution in [0.5, 0.6) is 0 Å². The minimum atomic E-state index is -0.106. The molecular weight excluding hydrogens is 312 g/mol. The summed E-state index contributed by atoms with van der Waals surface area (Å²) in [6.45, 7) is 5.31. The average molecular weight is 333 g/mol. The van der Waals surface area contributed by atoms with Gasteiger partial charge in [-0.05, 0) is 31.5 Å². The van der Waals surface area contributed by atoms with Gasteiger partial charge in [-0.2, -0.15) is 5.10 Å². The van der Waals surface area contributed by atoms with Crippen LogP contribution in [0.15, 0.2) is 30.3 Å². The van der Waals surface area contributed by atoms with Crippen molar-refractivity contribution in [2.45, 2.75) is 25.8 Å². The second-order valence-electron chi connectivity index (χ2n) is 5.83. The van der Waals surface area contributed by atoms with Crippen molar-refractivity contribution in [2.24, 2.45) is 0 Å². The van der Waals surface area contributed by atoms with Crippen LogP contribution < -0.4 is 5.32 Å². The highest BCUT2D eigenvalue weighted by Gasteiger charge is 2.21. The lowest BCUT2D eigenvalue weighted by Crippen LogP contribution is -2.44. The summed E-state index contributed by atoms with van der Waals surface area (Å²) in [6, 6.07) is 9.45. The molecule has 122 valence electrons. The molecule has 2 N–H and O–H groups in total. The molecule has 0 aliphatic carbocycles. The van der Waals surface area contributed by atoms with Crippen molar-refractivity contribution in [2.75, 3.05) is 19.6 Å². The summed E-state index contributed by atoms with van der Waals surface area (Å²) < 4.78 is 0. The van der Waals surface area contributed by atoms with E-state index in [2.05, 4.69) is 27.3 Å². The summed E-state index contributed by atoms with van der Waals surface area (Å²) in [5.41, 5.74) is 1.97. The number of piperidine rings is 1. The Morgan fingerprint density at radius 1 is 1.39 bits per heavy atom. The number of H-pyrrole nitrogens is 1. The van der Waals surface area contributed by atoms with E-state index in [4.69, 9.17) is 11.6 Å². The SMILES string of the molecule is CCN1CCC(NC(=O)c2cc(-c3ccccc3Cl)n[nH]2)CC1. The Kier molecular flexibility index (Phi) is 4.98. The molecule has 2 heterocycles. The second kappa shape index (κ2) is 7.15. The number of carbonyl (C=O) groups is 1. The Balaban J connectivity index is 1.64. The molecular formula is C17H21ClN4O. The van der Waals surface area contributed by atoms with Crippen molar-refractivity contribution >= 4 is 17.5 Å². The summed E-state index contributed by atoms with van der Waals surface area (Å²) in [4.78, 5) is 14.8. The number of carbonyl (C=O) groups excluding carboxylic acids is 1. The largest absolute Gasteiger partial charge is 0.348 e. The molecule has 1 fully saturated rings. The first-order valence-corrected chi connectivity index (χ1v) is 8.38. The number of benzene rings is 1. The topological polar surface area (TPSA) is 61.0 Å². The van der Waals surface area contributed by atoms with Gasteiger partial charge in [0, 0.05) is 24.7 Å². The van der Waals surface area contributed by atoms with Gasteiger partial charge in [0.2, 0.25) is 0 Å². The third kappa shape index (κ3) is 3.74. The summed E-state index contributed by atoms with van der Waals surface area (Å²) in [7, 11) is 0. The summed E-state index contributed by atoms with van der Waals surface area (Å²) in [5.74, 6) is -0.106. The Bertz CT molecular complexity index is 677. The van der Waals surface area contributed by atoms with Crippen molar-refractivity contribution in [1.29, 1.82) is 0 Å². The van der Waals surface area contributed by atoms with Gasteiger partial charge in [0.1, 0.15) is 5.69 Å². The zero-order valence-electron chi connectivity index (χ0n) is 13.2. The molecule has 3 rings (SSSR count). The molecule has 0 saturated carbocycles. The first-order chi connectivity index (χ1) is 11.2. The summed E-state index contributed by atoms with van der Waals surface area (Å²) in [5, 5.41) is 10.7. The molecule has 1 aromatic carbocycles. The lowest BCUT2D eigenvalue weighted by Gasteiger charge is -2.31. The van der Waals surface area contributed by atoms with E-state index < -0.39 is 0 Å². The molecule has 6 heteroatoms. The van der Waals surface area contributed by atoms with Crippen LogP contribution in [-0.2, 0) is 0 Å². The van der Waals surface area contributed by atoms with E-state index in [9.17, 15) is 4.79 Å². The highest BCUT2D eigenvalue weighted by atomic mass is 35.5. The molecule has 1 amide bonds. The van der Waals surface area contributed by atoms with Gasteiger partial charge in [0.25, 0.3) is 5.91 Å². The fraction of sp³-hybridized carbons (Fsp3) is 0.412. The van der Waals surface area contributed by atoms with Crippen LogP contribution in [0.4, 0.5) is 0 Å². The highest BCUT2D eigenvalue weighted by molar-refractivity contribution is 6.33. The van der Waals surface area contributed by atoms with E-state index >= 15 is 0 Å². The lowest BCUT2D eigenvalue weighted by atomic mass is 10.0. The van der Waals surface area contributed by atoms with Gasteiger partial charge in [-0.25, -0.2) is 0 Å². The number of rotatable bonds is 4. The fourth-order valence-electron chi connectivity index (χ4n) is 2.90. The Morgan fingerprint density at radius 2 is 2.13 bits per heavy atom. The van der Waals surface area contributed by atoms with Crippen molar-refractivity contribution in [3.8, 4) is 11.3 Å². The zero-order chi connectivity index (χ0) is 16.2. The van der Waals surface area contributed by atoms with Crippen molar-refractivity contribution in [3.63, 3.8) is 0 Å². The van der Waals surface area contributed by atoms with E-state index in [0.29, 0.717) is 16.4 Å². The van der Waals surface area contributed by atoms with E-state index in [0.717, 1.165) is 38.0 Å². The number of halogens is 1. The van der Waals surface area contributed by atoms with Gasteiger partial charge in [0.15, 0.2) is 0 Å². The van der Waals surface area contributed by atoms with E-state index in [-0.39, 0.29) is 11.9 Å². The monoisotopic (exact) mass is 332 g/mol. The molecule has 0 atom stereocenters. The van der Waals surface area contributed by atoms with Gasteiger partial charge in [-0.1, -0.05) is 36.7 Å². The Labute approximate surface area is 141 Å². The number of hydrogen-bond donors (Lipinski definition) is 2. The van der Waals surface area contributed by atoms with E-state index in [1.165, 1.54) is 0 Å². The van der Waals surface area contributed by atoms with Crippen LogP contribution in [0.1, 0.15) is 30.3 Å². The predicted molar refractivity (Wildman–Crippen MR) is 91.6 cm³/mol. The Morgan fingerprint density at radius 3 is 2.83 bits per heavy atom. The molecule has 1 aromatic heterocycles. The highest BCUT2D eigenvalue weighted by Crippen LogP contribution is 2.26. The van der Waals surface area contributed by atoms with Gasteiger partial charge < -0.3 is 10.2 Å². The molecule has 5 nitrogen and oxygen atoms in total. The van der Waals surface area contributed by atoms with Crippen molar-refractivity contribution in [3.05, 3.63) is 41.0 Å². The first-order valence-electron chi connectivity index (χ1n) is 8.01. The van der Waals surface area contributed by atoms with E-state index in [1.807, 2.05) is 24.3 Å². The summed E-state index contributed by atoms with van der Waals surface area (Å²) in [6.07, 6.45) is 1.98. The maximum Gasteiger partial charge on any atom is 0.269 e. The Hall–Kier alpha value is -1.85. The predicted octanol–water partition coefficient (Wildman–Crippen LogP) is 2.94. The molecule has 2 aromatic rings. The summed E-state index contributed by atoms with van der Waals surface area (Å²) >= 11 is 6.17. The third-order valence-electron chi connectivity index (χ3n) is 4.34. The van der Waals surface area contributed by atoms with Crippen LogP contribution in [0, 0.1) is 0 Å². The quantitative estimate of drug-likeness (QED) is 0.905. The first kappa shape index (κ1) is 16.0. The fourth-order valence-corrected chi connectivity index (χ4v) is 3.13. The van der Waals surface area contributed by atoms with Crippen LogP contribution in [0.3, 0.4) is 0 Å². The second-order valence-corrected chi connectivity index (χ2v) is 6.24. The van der Waals surface area contributed by atoms with Crippen LogP contribution in [0.2, 0.25) is 5.02 Å². The number of nitrogens with one attached hydrogen (secondary N) is 2. The molecule has 1 aliphatic rings. The maximum absolute atomic E-state index is 12.4. The van der Waals surface area contributed by atoms with Crippen LogP contribution >= 0.6 is 11.6 Å². The van der Waals surface area contributed by atoms with Gasteiger partial charge in [-0.15, -0.1) is 0 Å². The third-order valence-corrected chi connectivity index (χ3v) is 4.67. The number of likely N-dealkylation sites (tertiary alicyclic amines) is 1. The number of hydrogen-bond acceptors (Lipinski definition) is 3. The minimum Gasteiger partial charge on any atom is -0.348 e. The van der Waals surface area contributed by atoms with Gasteiger partial charge in [-0.3, -0.25) is 9.89 Å². The normalized spacial score (nSPS) is 16.4. The minimum absolute atomic E-state index is 0.106. The van der Waals surface area contributed by atoms with E-state index in [1.54, 1.807) is 6.07 Å². The molecule has 1 saturated heterocycles. The lowest BCUT2D eigenvalue weighted by molar-refractivity contribution is 0.0907. The number of aromatic amines is 1. The van der Waals surface area contributed by atoms with Crippen molar-refractivity contribution in [1.82, 2.24) is 20.4 Å². The number of nitrogens with zero attached hydrogens (tertiary/aromatic N) is 2. The van der Waals surface area contributed by atoms with Gasteiger partial charge >= 0.3 is 0 Å². The molecule has 1 aliphatic heterocycles. The standard InChI is InChI=1S/C17H21ClN4O/c1-2-22-9-7-12(8-10-22)19-17(23)16-11-15(20-21-16)13-5-3-4-6-14(13)18/h3-6,11-12H,2,7-10H2,1H3,(H,19,23)(H,20,21). The number of amides is 1. The maximum atomic E-state index is 12.4. The molecule has 0 bridgehead atoms. The molecule has 0 spiro atoms. The zero-order valence-corrected chi connectivity index (χ0v) is 13.9. The molecule has 23 heavy (non-hydrogen) atoms. The van der Waals surface area contributed by atoms with Crippen LogP contribution in [-0.4, -0.2) is 46.7 Å². The number of aromatic nitrogens is 2. The smallest absolute Gasteiger partial charge is 0.269 e. The average Bonchev–Trinajstić information content (AvgIpc) is 3.06. The van der Waals surface area contributed by atoms with Crippen LogP contribution in [0.25, 0.3) is 11.3 Å². The van der Waals surface area contributed by atoms with Crippen molar-refractivity contribution < 1.29 is 4.79 Å². The molecule has 0 unspecified atom stereocenters.